The van der Waals surface area contributed by atoms with E-state index in [1.807, 2.05) is 36.2 Å². The van der Waals surface area contributed by atoms with Gasteiger partial charge in [0.05, 0.1) is 29.7 Å². The lowest BCUT2D eigenvalue weighted by Gasteiger charge is -2.21. The van der Waals surface area contributed by atoms with Gasteiger partial charge in [-0.3, -0.25) is 4.98 Å². The van der Waals surface area contributed by atoms with Gasteiger partial charge in [0, 0.05) is 19.0 Å². The summed E-state index contributed by atoms with van der Waals surface area (Å²) < 4.78 is 0. The summed E-state index contributed by atoms with van der Waals surface area (Å²) in [4.78, 5) is 6.21. The molecule has 1 aromatic carbocycles. The molecular formula is C12H15N3O. The molecular weight excluding hydrogens is 202 g/mol. The molecule has 4 nitrogen and oxygen atoms in total. The summed E-state index contributed by atoms with van der Waals surface area (Å²) in [7, 11) is 1.91. The molecule has 0 bridgehead atoms. The van der Waals surface area contributed by atoms with Crippen molar-refractivity contribution in [3.05, 3.63) is 30.5 Å². The topological polar surface area (TPSA) is 62.4 Å². The standard InChI is InChI=1S/C12H15N3O/c1-15(6-7-16)12-9-4-2-3-5-11(9)14-8-10(12)13/h2-5,8,16H,6-7,13H2,1H3. The molecule has 1 heterocycles. The number of aromatic nitrogens is 1. The summed E-state index contributed by atoms with van der Waals surface area (Å²) in [6.07, 6.45) is 1.66. The Morgan fingerprint density at radius 3 is 2.88 bits per heavy atom. The Morgan fingerprint density at radius 2 is 2.12 bits per heavy atom. The number of benzene rings is 1. The van der Waals surface area contributed by atoms with Crippen molar-refractivity contribution in [1.29, 1.82) is 0 Å². The van der Waals surface area contributed by atoms with Gasteiger partial charge in [-0.1, -0.05) is 18.2 Å². The van der Waals surface area contributed by atoms with Crippen LogP contribution < -0.4 is 10.6 Å². The fourth-order valence-corrected chi connectivity index (χ4v) is 1.83. The van der Waals surface area contributed by atoms with Crippen LogP contribution in [0.2, 0.25) is 0 Å². The van der Waals surface area contributed by atoms with Gasteiger partial charge in [0.2, 0.25) is 0 Å². The molecule has 16 heavy (non-hydrogen) atoms. The molecule has 2 aromatic rings. The number of aliphatic hydroxyl groups excluding tert-OH is 1. The minimum absolute atomic E-state index is 0.104. The van der Waals surface area contributed by atoms with Gasteiger partial charge in [-0.05, 0) is 6.07 Å². The number of pyridine rings is 1. The van der Waals surface area contributed by atoms with Crippen molar-refractivity contribution in [3.8, 4) is 0 Å². The van der Waals surface area contributed by atoms with Gasteiger partial charge in [0.1, 0.15) is 0 Å². The molecule has 0 spiro atoms. The first-order chi connectivity index (χ1) is 7.74. The van der Waals surface area contributed by atoms with Crippen LogP contribution in [0.25, 0.3) is 10.9 Å². The highest BCUT2D eigenvalue weighted by Gasteiger charge is 2.09. The van der Waals surface area contributed by atoms with Crippen LogP contribution in [0.1, 0.15) is 0 Å². The predicted octanol–water partition coefficient (Wildman–Crippen LogP) is 1.25. The lowest BCUT2D eigenvalue weighted by Crippen LogP contribution is -2.22. The first-order valence-corrected chi connectivity index (χ1v) is 5.19. The molecule has 0 saturated heterocycles. The van der Waals surface area contributed by atoms with Gasteiger partial charge in [0.15, 0.2) is 0 Å². The van der Waals surface area contributed by atoms with Crippen LogP contribution in [0.4, 0.5) is 11.4 Å². The smallest absolute Gasteiger partial charge is 0.0745 e. The summed E-state index contributed by atoms with van der Waals surface area (Å²) >= 11 is 0. The van der Waals surface area contributed by atoms with Crippen LogP contribution in [0.5, 0.6) is 0 Å². The number of fused-ring (bicyclic) bond motifs is 1. The van der Waals surface area contributed by atoms with Crippen LogP contribution in [0, 0.1) is 0 Å². The number of para-hydroxylation sites is 1. The normalized spacial score (nSPS) is 10.6. The lowest BCUT2D eigenvalue weighted by atomic mass is 10.1. The highest BCUT2D eigenvalue weighted by molar-refractivity contribution is 5.97. The maximum atomic E-state index is 8.96. The highest BCUT2D eigenvalue weighted by atomic mass is 16.3. The lowest BCUT2D eigenvalue weighted by molar-refractivity contribution is 0.304. The minimum atomic E-state index is 0.104. The Labute approximate surface area is 94.3 Å². The van der Waals surface area contributed by atoms with Crippen molar-refractivity contribution in [1.82, 2.24) is 4.98 Å². The number of hydrogen-bond donors (Lipinski definition) is 2. The van der Waals surface area contributed by atoms with Crippen LogP contribution in [0.15, 0.2) is 30.5 Å². The van der Waals surface area contributed by atoms with E-state index in [2.05, 4.69) is 4.98 Å². The van der Waals surface area contributed by atoms with Crippen LogP contribution in [-0.4, -0.2) is 30.3 Å². The fraction of sp³-hybridized carbons (Fsp3) is 0.250. The molecule has 84 valence electrons. The number of rotatable bonds is 3. The maximum absolute atomic E-state index is 8.96. The van der Waals surface area contributed by atoms with Crippen molar-refractivity contribution in [2.75, 3.05) is 30.8 Å². The largest absolute Gasteiger partial charge is 0.396 e. The second kappa shape index (κ2) is 4.37. The van der Waals surface area contributed by atoms with Gasteiger partial charge in [0.25, 0.3) is 0 Å². The molecule has 0 aliphatic carbocycles. The quantitative estimate of drug-likeness (QED) is 0.812. The summed E-state index contributed by atoms with van der Waals surface area (Å²) in [6.45, 7) is 0.658. The number of hydrogen-bond acceptors (Lipinski definition) is 4. The third kappa shape index (κ3) is 1.79. The van der Waals surface area contributed by atoms with Crippen LogP contribution >= 0.6 is 0 Å². The Bertz CT molecular complexity index is 499. The van der Waals surface area contributed by atoms with Crippen LogP contribution in [0.3, 0.4) is 0 Å². The zero-order valence-corrected chi connectivity index (χ0v) is 9.22. The second-order valence-corrected chi connectivity index (χ2v) is 3.72. The first-order valence-electron chi connectivity index (χ1n) is 5.19. The summed E-state index contributed by atoms with van der Waals surface area (Å²) in [6, 6.07) is 7.84. The average Bonchev–Trinajstić information content (AvgIpc) is 2.29. The third-order valence-electron chi connectivity index (χ3n) is 2.59. The number of nitrogen functional groups attached to an aromatic ring is 1. The summed E-state index contributed by atoms with van der Waals surface area (Å²) in [5, 5.41) is 9.98. The minimum Gasteiger partial charge on any atom is -0.396 e. The number of aliphatic hydroxyl groups is 1. The molecule has 0 radical (unpaired) electrons. The summed E-state index contributed by atoms with van der Waals surface area (Å²) in [5.41, 5.74) is 8.41. The van der Waals surface area contributed by atoms with Gasteiger partial charge < -0.3 is 15.7 Å². The summed E-state index contributed by atoms with van der Waals surface area (Å²) in [5.74, 6) is 0. The van der Waals surface area contributed by atoms with E-state index in [0.717, 1.165) is 16.6 Å². The molecule has 3 N–H and O–H groups in total. The molecule has 4 heteroatoms. The van der Waals surface area contributed by atoms with Crippen molar-refractivity contribution >= 4 is 22.3 Å². The van der Waals surface area contributed by atoms with Gasteiger partial charge in [-0.25, -0.2) is 0 Å². The Hall–Kier alpha value is -1.81. The second-order valence-electron chi connectivity index (χ2n) is 3.72. The van der Waals surface area contributed by atoms with E-state index in [0.29, 0.717) is 12.2 Å². The third-order valence-corrected chi connectivity index (χ3v) is 2.59. The predicted molar refractivity (Wildman–Crippen MR) is 66.5 cm³/mol. The molecule has 1 aromatic heterocycles. The molecule has 0 fully saturated rings. The zero-order chi connectivity index (χ0) is 11.5. The van der Waals surface area contributed by atoms with Gasteiger partial charge in [-0.15, -0.1) is 0 Å². The molecule has 0 amide bonds. The highest BCUT2D eigenvalue weighted by Crippen LogP contribution is 2.30. The van der Waals surface area contributed by atoms with E-state index in [1.165, 1.54) is 0 Å². The Balaban J connectivity index is 2.61. The van der Waals surface area contributed by atoms with Crippen molar-refractivity contribution in [2.45, 2.75) is 0 Å². The zero-order valence-electron chi connectivity index (χ0n) is 9.22. The van der Waals surface area contributed by atoms with Crippen molar-refractivity contribution in [3.63, 3.8) is 0 Å². The molecule has 0 aliphatic heterocycles. The van der Waals surface area contributed by atoms with Gasteiger partial charge in [-0.2, -0.15) is 0 Å². The van der Waals surface area contributed by atoms with Crippen molar-refractivity contribution in [2.24, 2.45) is 0 Å². The average molecular weight is 217 g/mol. The fourth-order valence-electron chi connectivity index (χ4n) is 1.83. The molecule has 0 atom stereocenters. The number of nitrogens with two attached hydrogens (primary N) is 1. The van der Waals surface area contributed by atoms with Crippen molar-refractivity contribution < 1.29 is 5.11 Å². The number of likely N-dealkylation sites (N-methyl/N-ethyl adjacent to an activating group) is 1. The van der Waals surface area contributed by atoms with E-state index in [1.54, 1.807) is 6.20 Å². The van der Waals surface area contributed by atoms with Crippen LogP contribution in [-0.2, 0) is 0 Å². The van der Waals surface area contributed by atoms with E-state index < -0.39 is 0 Å². The van der Waals surface area contributed by atoms with E-state index in [9.17, 15) is 0 Å². The molecule has 0 saturated carbocycles. The molecule has 0 aliphatic rings. The van der Waals surface area contributed by atoms with E-state index in [4.69, 9.17) is 10.8 Å². The first kappa shape index (κ1) is 10.7. The SMILES string of the molecule is CN(CCO)c1c(N)cnc2ccccc12. The number of anilines is 2. The molecule has 2 rings (SSSR count). The maximum Gasteiger partial charge on any atom is 0.0745 e. The Kier molecular flexibility index (Phi) is 2.92. The Morgan fingerprint density at radius 1 is 1.38 bits per heavy atom. The van der Waals surface area contributed by atoms with E-state index in [-0.39, 0.29) is 6.61 Å². The number of nitrogens with zero attached hydrogens (tertiary/aromatic N) is 2. The monoisotopic (exact) mass is 217 g/mol. The molecule has 0 unspecified atom stereocenters. The van der Waals surface area contributed by atoms with E-state index >= 15 is 0 Å². The van der Waals surface area contributed by atoms with Gasteiger partial charge >= 0.3 is 0 Å².